The fourth-order valence-electron chi connectivity index (χ4n) is 2.59. The lowest BCUT2D eigenvalue weighted by Gasteiger charge is -2.06. The number of pyridine rings is 1. The van der Waals surface area contributed by atoms with Gasteiger partial charge in [-0.2, -0.15) is 5.10 Å². The molecule has 4 aromatic rings. The Kier molecular flexibility index (Phi) is 4.41. The van der Waals surface area contributed by atoms with Crippen LogP contribution >= 0.6 is 15.9 Å². The van der Waals surface area contributed by atoms with Crippen LogP contribution in [0.25, 0.3) is 16.9 Å². The number of ether oxygens (including phenoxy) is 1. The summed E-state index contributed by atoms with van der Waals surface area (Å²) in [5, 5.41) is 4.62. The molecule has 128 valence electrons. The summed E-state index contributed by atoms with van der Waals surface area (Å²) < 4.78 is 8.34. The van der Waals surface area contributed by atoms with Crippen LogP contribution in [0, 0.1) is 0 Å². The molecule has 4 rings (SSSR count). The Hall–Kier alpha value is -3.12. The highest BCUT2D eigenvalue weighted by Crippen LogP contribution is 2.28. The number of nitrogen functional groups attached to an aromatic ring is 1. The van der Waals surface area contributed by atoms with Crippen molar-refractivity contribution in [1.29, 1.82) is 0 Å². The average molecular weight is 407 g/mol. The first kappa shape index (κ1) is 16.4. The van der Waals surface area contributed by atoms with Gasteiger partial charge in [0.25, 0.3) is 0 Å². The second-order valence-corrected chi connectivity index (χ2v) is 6.49. The zero-order chi connectivity index (χ0) is 17.9. The normalized spacial score (nSPS) is 10.7. The quantitative estimate of drug-likeness (QED) is 0.513. The molecule has 0 saturated carbocycles. The van der Waals surface area contributed by atoms with Crippen molar-refractivity contribution in [2.45, 2.75) is 0 Å². The molecule has 0 atom stereocenters. The Balaban J connectivity index is 1.60. The highest BCUT2D eigenvalue weighted by atomic mass is 79.9. The van der Waals surface area contributed by atoms with Crippen molar-refractivity contribution in [3.8, 4) is 28.4 Å². The van der Waals surface area contributed by atoms with Crippen molar-refractivity contribution >= 4 is 21.7 Å². The molecule has 0 aliphatic rings. The SMILES string of the molecule is Nc1cc(-c2ccc(Oc3ccccc3)cc2)nn1-c1ccncc1Br. The highest BCUT2D eigenvalue weighted by Gasteiger charge is 2.11. The van der Waals surface area contributed by atoms with Crippen LogP contribution in [-0.4, -0.2) is 14.8 Å². The van der Waals surface area contributed by atoms with Crippen LogP contribution in [-0.2, 0) is 0 Å². The third-order valence-corrected chi connectivity index (χ3v) is 4.46. The molecule has 5 nitrogen and oxygen atoms in total. The van der Waals surface area contributed by atoms with Gasteiger partial charge in [0.15, 0.2) is 0 Å². The number of rotatable bonds is 4. The number of nitrogens with two attached hydrogens (primary N) is 1. The molecule has 2 N–H and O–H groups in total. The van der Waals surface area contributed by atoms with Crippen molar-refractivity contribution in [2.24, 2.45) is 0 Å². The molecule has 0 bridgehead atoms. The summed E-state index contributed by atoms with van der Waals surface area (Å²) in [4.78, 5) is 4.07. The average Bonchev–Trinajstić information content (AvgIpc) is 3.05. The van der Waals surface area contributed by atoms with Gasteiger partial charge >= 0.3 is 0 Å². The maximum Gasteiger partial charge on any atom is 0.127 e. The van der Waals surface area contributed by atoms with Crippen LogP contribution in [0.2, 0.25) is 0 Å². The second kappa shape index (κ2) is 7.01. The van der Waals surface area contributed by atoms with Crippen molar-refractivity contribution in [3.05, 3.63) is 83.6 Å². The molecule has 2 aromatic carbocycles. The topological polar surface area (TPSA) is 66.0 Å². The number of aromatic nitrogens is 3. The number of para-hydroxylation sites is 1. The molecule has 0 aliphatic heterocycles. The van der Waals surface area contributed by atoms with Crippen molar-refractivity contribution in [1.82, 2.24) is 14.8 Å². The van der Waals surface area contributed by atoms with E-state index in [1.165, 1.54) is 0 Å². The minimum absolute atomic E-state index is 0.552. The number of hydrogen-bond donors (Lipinski definition) is 1. The Morgan fingerprint density at radius 3 is 2.38 bits per heavy atom. The molecule has 0 saturated heterocycles. The van der Waals surface area contributed by atoms with E-state index in [2.05, 4.69) is 26.0 Å². The van der Waals surface area contributed by atoms with E-state index in [9.17, 15) is 0 Å². The largest absolute Gasteiger partial charge is 0.457 e. The lowest BCUT2D eigenvalue weighted by Crippen LogP contribution is -2.02. The molecule has 0 aliphatic carbocycles. The van der Waals surface area contributed by atoms with Gasteiger partial charge in [0.1, 0.15) is 17.3 Å². The van der Waals surface area contributed by atoms with Crippen LogP contribution in [0.15, 0.2) is 83.6 Å². The molecule has 0 unspecified atom stereocenters. The standard InChI is InChI=1S/C20H15BrN4O/c21-17-13-23-11-10-19(17)25-20(22)12-18(24-25)14-6-8-16(9-7-14)26-15-4-2-1-3-5-15/h1-13H,22H2. The molecule has 0 radical (unpaired) electrons. The predicted molar refractivity (Wildman–Crippen MR) is 105 cm³/mol. The molecular weight excluding hydrogens is 392 g/mol. The van der Waals surface area contributed by atoms with Crippen LogP contribution in [0.3, 0.4) is 0 Å². The Morgan fingerprint density at radius 1 is 0.923 bits per heavy atom. The molecule has 0 spiro atoms. The van der Waals surface area contributed by atoms with Gasteiger partial charge < -0.3 is 10.5 Å². The number of anilines is 1. The van der Waals surface area contributed by atoms with Crippen LogP contribution in [0.4, 0.5) is 5.82 Å². The molecule has 0 amide bonds. The summed E-state index contributed by atoms with van der Waals surface area (Å²) in [5.41, 5.74) is 8.74. The molecule has 2 aromatic heterocycles. The van der Waals surface area contributed by atoms with E-state index in [0.717, 1.165) is 32.9 Å². The van der Waals surface area contributed by atoms with Crippen LogP contribution in [0.1, 0.15) is 0 Å². The van der Waals surface area contributed by atoms with E-state index in [1.54, 1.807) is 17.1 Å². The maximum atomic E-state index is 6.15. The van der Waals surface area contributed by atoms with Gasteiger partial charge in [-0.15, -0.1) is 0 Å². The maximum absolute atomic E-state index is 6.15. The first-order chi connectivity index (χ1) is 12.7. The number of benzene rings is 2. The van der Waals surface area contributed by atoms with Gasteiger partial charge in [0, 0.05) is 24.0 Å². The van der Waals surface area contributed by atoms with Gasteiger partial charge in [0.2, 0.25) is 0 Å². The predicted octanol–water partition coefficient (Wildman–Crippen LogP) is 5.07. The zero-order valence-corrected chi connectivity index (χ0v) is 15.3. The first-order valence-corrected chi connectivity index (χ1v) is 8.79. The Morgan fingerprint density at radius 2 is 1.65 bits per heavy atom. The fourth-order valence-corrected chi connectivity index (χ4v) is 3.01. The summed E-state index contributed by atoms with van der Waals surface area (Å²) >= 11 is 3.48. The summed E-state index contributed by atoms with van der Waals surface area (Å²) in [6.07, 6.45) is 3.42. The number of halogens is 1. The van der Waals surface area contributed by atoms with E-state index in [-0.39, 0.29) is 0 Å². The van der Waals surface area contributed by atoms with Gasteiger partial charge in [-0.25, -0.2) is 4.68 Å². The molecule has 2 heterocycles. The summed E-state index contributed by atoms with van der Waals surface area (Å²) in [5.74, 6) is 2.12. The minimum atomic E-state index is 0.552. The third-order valence-electron chi connectivity index (χ3n) is 3.85. The van der Waals surface area contributed by atoms with Gasteiger partial charge in [-0.05, 0) is 58.4 Å². The monoisotopic (exact) mass is 406 g/mol. The Labute approximate surface area is 159 Å². The highest BCUT2D eigenvalue weighted by molar-refractivity contribution is 9.10. The van der Waals surface area contributed by atoms with Crippen LogP contribution in [0.5, 0.6) is 11.5 Å². The fraction of sp³-hybridized carbons (Fsp3) is 0. The second-order valence-electron chi connectivity index (χ2n) is 5.63. The molecule has 6 heteroatoms. The van der Waals surface area contributed by atoms with Gasteiger partial charge in [-0.3, -0.25) is 4.98 Å². The molecule has 26 heavy (non-hydrogen) atoms. The zero-order valence-electron chi connectivity index (χ0n) is 13.7. The number of hydrogen-bond acceptors (Lipinski definition) is 4. The molecular formula is C20H15BrN4O. The Bertz CT molecular complexity index is 1030. The summed E-state index contributed by atoms with van der Waals surface area (Å²) in [6.45, 7) is 0. The van der Waals surface area contributed by atoms with Crippen molar-refractivity contribution in [2.75, 3.05) is 5.73 Å². The minimum Gasteiger partial charge on any atom is -0.457 e. The summed E-state index contributed by atoms with van der Waals surface area (Å²) in [7, 11) is 0. The number of nitrogens with zero attached hydrogens (tertiary/aromatic N) is 3. The van der Waals surface area contributed by atoms with E-state index >= 15 is 0 Å². The van der Waals surface area contributed by atoms with E-state index in [4.69, 9.17) is 10.5 Å². The smallest absolute Gasteiger partial charge is 0.127 e. The van der Waals surface area contributed by atoms with E-state index in [1.807, 2.05) is 66.7 Å². The first-order valence-electron chi connectivity index (χ1n) is 7.99. The van der Waals surface area contributed by atoms with Gasteiger partial charge in [0.05, 0.1) is 15.9 Å². The summed E-state index contributed by atoms with van der Waals surface area (Å²) in [6, 6.07) is 21.1. The van der Waals surface area contributed by atoms with Crippen LogP contribution < -0.4 is 10.5 Å². The lowest BCUT2D eigenvalue weighted by atomic mass is 10.1. The lowest BCUT2D eigenvalue weighted by molar-refractivity contribution is 0.483. The van der Waals surface area contributed by atoms with Crippen molar-refractivity contribution < 1.29 is 4.74 Å². The third kappa shape index (κ3) is 3.32. The molecule has 0 fully saturated rings. The van der Waals surface area contributed by atoms with E-state index < -0.39 is 0 Å². The van der Waals surface area contributed by atoms with Crippen molar-refractivity contribution in [3.63, 3.8) is 0 Å². The van der Waals surface area contributed by atoms with Gasteiger partial charge in [-0.1, -0.05) is 18.2 Å². The van der Waals surface area contributed by atoms with E-state index in [0.29, 0.717) is 5.82 Å².